The van der Waals surface area contributed by atoms with Gasteiger partial charge in [0.1, 0.15) is 0 Å². The van der Waals surface area contributed by atoms with Crippen molar-refractivity contribution in [1.82, 2.24) is 0 Å². The summed E-state index contributed by atoms with van der Waals surface area (Å²) in [6.07, 6.45) is -0.976. The van der Waals surface area contributed by atoms with Crippen LogP contribution in [0.15, 0.2) is 6.07 Å². The van der Waals surface area contributed by atoms with Gasteiger partial charge in [0.2, 0.25) is 6.41 Å². The molecular weight excluding hydrogens is 258 g/mol. The summed E-state index contributed by atoms with van der Waals surface area (Å²) in [6.45, 7) is 14.5. The maximum atomic E-state index is 9.97. The molecule has 0 aliphatic rings. The highest BCUT2D eigenvalue weighted by Crippen LogP contribution is 2.37. The average Bonchev–Trinajstić information content (AvgIpc) is 2.58. The fourth-order valence-electron chi connectivity index (χ4n) is 1.73. The van der Waals surface area contributed by atoms with E-state index in [2.05, 4.69) is 39.1 Å². The first kappa shape index (κ1) is 16.5. The molecule has 0 bridgehead atoms. The Kier molecular flexibility index (Phi) is 5.42. The predicted octanol–water partition coefficient (Wildman–Crippen LogP) is 4.50. The maximum absolute atomic E-state index is 9.97. The Bertz CT molecular complexity index is 405. The van der Waals surface area contributed by atoms with Gasteiger partial charge < -0.3 is 15.2 Å². The van der Waals surface area contributed by atoms with E-state index in [1.807, 2.05) is 20.8 Å². The van der Waals surface area contributed by atoms with E-state index in [9.17, 15) is 5.11 Å². The molecular formula is C15H27NO2S. The van der Waals surface area contributed by atoms with Crippen molar-refractivity contribution in [3.63, 3.8) is 0 Å². The largest absolute Gasteiger partial charge is 0.351 e. The van der Waals surface area contributed by atoms with Crippen LogP contribution in [-0.2, 0) is 4.74 Å². The first-order chi connectivity index (χ1) is 8.60. The number of aliphatic hydroxyl groups excluding tert-OH is 1. The van der Waals surface area contributed by atoms with Gasteiger partial charge in [0, 0.05) is 4.88 Å². The number of nitrogens with one attached hydrogen (secondary N) is 1. The molecule has 4 heteroatoms. The van der Waals surface area contributed by atoms with Crippen LogP contribution in [-0.4, -0.2) is 17.1 Å². The van der Waals surface area contributed by atoms with Crippen LogP contribution in [0.2, 0.25) is 0 Å². The SMILES string of the molecule is CC(C)c1cc(C(C)C)c(NC(O)OC(C)(C)C)s1. The van der Waals surface area contributed by atoms with Crippen molar-refractivity contribution in [2.75, 3.05) is 5.32 Å². The minimum Gasteiger partial charge on any atom is -0.351 e. The molecule has 1 aromatic rings. The number of ether oxygens (including phenoxy) is 1. The molecule has 110 valence electrons. The van der Waals surface area contributed by atoms with Crippen molar-refractivity contribution < 1.29 is 9.84 Å². The van der Waals surface area contributed by atoms with E-state index >= 15 is 0 Å². The molecule has 19 heavy (non-hydrogen) atoms. The number of aliphatic hydroxyl groups is 1. The van der Waals surface area contributed by atoms with Crippen LogP contribution in [0.4, 0.5) is 5.00 Å². The van der Waals surface area contributed by atoms with Crippen LogP contribution in [0, 0.1) is 0 Å². The summed E-state index contributed by atoms with van der Waals surface area (Å²) in [7, 11) is 0. The molecule has 0 radical (unpaired) electrons. The Balaban J connectivity index is 2.87. The fourth-order valence-corrected chi connectivity index (χ4v) is 2.96. The molecule has 2 N–H and O–H groups in total. The third-order valence-electron chi connectivity index (χ3n) is 2.69. The summed E-state index contributed by atoms with van der Waals surface area (Å²) in [4.78, 5) is 1.33. The van der Waals surface area contributed by atoms with Crippen molar-refractivity contribution in [2.45, 2.75) is 72.3 Å². The molecule has 1 aromatic heterocycles. The smallest absolute Gasteiger partial charge is 0.236 e. The van der Waals surface area contributed by atoms with Crippen molar-refractivity contribution in [2.24, 2.45) is 0 Å². The summed E-state index contributed by atoms with van der Waals surface area (Å²) < 4.78 is 5.50. The van der Waals surface area contributed by atoms with Gasteiger partial charge in [-0.1, -0.05) is 27.7 Å². The van der Waals surface area contributed by atoms with E-state index in [-0.39, 0.29) is 5.60 Å². The zero-order valence-corrected chi connectivity index (χ0v) is 13.9. The highest BCUT2D eigenvalue weighted by atomic mass is 32.1. The van der Waals surface area contributed by atoms with Crippen LogP contribution >= 0.6 is 11.3 Å². The van der Waals surface area contributed by atoms with E-state index in [0.29, 0.717) is 11.8 Å². The molecule has 0 amide bonds. The third-order valence-corrected chi connectivity index (χ3v) is 4.07. The maximum Gasteiger partial charge on any atom is 0.236 e. The van der Waals surface area contributed by atoms with Gasteiger partial charge in [-0.3, -0.25) is 0 Å². The summed E-state index contributed by atoms with van der Waals surface area (Å²) in [5, 5.41) is 14.1. The van der Waals surface area contributed by atoms with Gasteiger partial charge in [-0.25, -0.2) is 0 Å². The Morgan fingerprint density at radius 3 is 2.16 bits per heavy atom. The van der Waals surface area contributed by atoms with Crippen LogP contribution < -0.4 is 5.32 Å². The molecule has 0 aliphatic heterocycles. The number of hydrogen-bond donors (Lipinski definition) is 2. The first-order valence-electron chi connectivity index (χ1n) is 6.86. The number of rotatable bonds is 5. The Morgan fingerprint density at radius 2 is 1.74 bits per heavy atom. The lowest BCUT2D eigenvalue weighted by Gasteiger charge is -2.25. The minimum absolute atomic E-state index is 0.372. The number of anilines is 1. The molecule has 1 rings (SSSR count). The summed E-state index contributed by atoms with van der Waals surface area (Å²) in [6, 6.07) is 2.23. The summed E-state index contributed by atoms with van der Waals surface area (Å²) >= 11 is 1.70. The topological polar surface area (TPSA) is 41.5 Å². The average molecular weight is 285 g/mol. The third kappa shape index (κ3) is 5.13. The predicted molar refractivity (Wildman–Crippen MR) is 83.0 cm³/mol. The highest BCUT2D eigenvalue weighted by molar-refractivity contribution is 7.16. The number of hydrogen-bond acceptors (Lipinski definition) is 4. The summed E-state index contributed by atoms with van der Waals surface area (Å²) in [5.41, 5.74) is 0.869. The van der Waals surface area contributed by atoms with E-state index in [1.165, 1.54) is 10.4 Å². The monoisotopic (exact) mass is 285 g/mol. The molecule has 1 atom stereocenters. The number of thiophene rings is 1. The van der Waals surface area contributed by atoms with E-state index in [1.54, 1.807) is 11.3 Å². The second-order valence-electron chi connectivity index (χ2n) is 6.47. The zero-order valence-electron chi connectivity index (χ0n) is 13.1. The van der Waals surface area contributed by atoms with Crippen molar-refractivity contribution >= 4 is 16.3 Å². The van der Waals surface area contributed by atoms with Crippen molar-refractivity contribution in [3.05, 3.63) is 16.5 Å². The van der Waals surface area contributed by atoms with E-state index in [0.717, 1.165) is 5.00 Å². The van der Waals surface area contributed by atoms with Crippen molar-refractivity contribution in [1.29, 1.82) is 0 Å². The second-order valence-corrected chi connectivity index (χ2v) is 7.55. The van der Waals surface area contributed by atoms with Crippen LogP contribution in [0.5, 0.6) is 0 Å². The van der Waals surface area contributed by atoms with Crippen molar-refractivity contribution in [3.8, 4) is 0 Å². The molecule has 3 nitrogen and oxygen atoms in total. The van der Waals surface area contributed by atoms with Gasteiger partial charge in [-0.2, -0.15) is 0 Å². The fraction of sp³-hybridized carbons (Fsp3) is 0.733. The molecule has 0 spiro atoms. The van der Waals surface area contributed by atoms with Gasteiger partial charge in [0.25, 0.3) is 0 Å². The van der Waals surface area contributed by atoms with Gasteiger partial charge in [0.15, 0.2) is 0 Å². The Labute approximate surface area is 121 Å². The van der Waals surface area contributed by atoms with E-state index < -0.39 is 6.41 Å². The van der Waals surface area contributed by atoms with Crippen LogP contribution in [0.3, 0.4) is 0 Å². The van der Waals surface area contributed by atoms with Gasteiger partial charge in [-0.15, -0.1) is 11.3 Å². The van der Waals surface area contributed by atoms with Gasteiger partial charge in [0.05, 0.1) is 10.6 Å². The normalized spacial score (nSPS) is 14.2. The van der Waals surface area contributed by atoms with Crippen LogP contribution in [0.25, 0.3) is 0 Å². The lowest BCUT2D eigenvalue weighted by Crippen LogP contribution is -2.32. The Hall–Kier alpha value is -0.580. The molecule has 0 aromatic carbocycles. The standard InChI is InChI=1S/C15H27NO2S/c1-9(2)11-8-12(10(3)4)19-13(11)16-14(17)18-15(5,6)7/h8-10,14,16-17H,1-7H3. The quantitative estimate of drug-likeness (QED) is 0.783. The zero-order chi connectivity index (χ0) is 14.8. The van der Waals surface area contributed by atoms with Gasteiger partial charge in [-0.05, 0) is 44.2 Å². The van der Waals surface area contributed by atoms with Gasteiger partial charge >= 0.3 is 0 Å². The lowest BCUT2D eigenvalue weighted by molar-refractivity contribution is -0.148. The van der Waals surface area contributed by atoms with E-state index in [4.69, 9.17) is 4.74 Å². The first-order valence-corrected chi connectivity index (χ1v) is 7.68. The molecule has 0 fully saturated rings. The minimum atomic E-state index is -0.976. The van der Waals surface area contributed by atoms with Crippen LogP contribution in [0.1, 0.15) is 70.7 Å². The summed E-state index contributed by atoms with van der Waals surface area (Å²) in [5.74, 6) is 0.923. The molecule has 0 saturated carbocycles. The lowest BCUT2D eigenvalue weighted by atomic mass is 10.0. The molecule has 0 aliphatic carbocycles. The Morgan fingerprint density at radius 1 is 1.16 bits per heavy atom. The second kappa shape index (κ2) is 6.25. The molecule has 0 saturated heterocycles. The molecule has 1 unspecified atom stereocenters. The highest BCUT2D eigenvalue weighted by Gasteiger charge is 2.20. The molecule has 1 heterocycles.